The average molecular weight is 386 g/mol. The molecule has 1 N–H and O–H groups in total. The van der Waals surface area contributed by atoms with Gasteiger partial charge in [0.1, 0.15) is 5.75 Å². The summed E-state index contributed by atoms with van der Waals surface area (Å²) in [5.41, 5.74) is 1.68. The SMILES string of the molecule is CC(C)(C)c1ccc(NC(=O)COC(=O)COc2ccc([N+](=O)[O-])cc2)cc1. The molecule has 0 unspecified atom stereocenters. The molecule has 0 atom stereocenters. The molecule has 148 valence electrons. The smallest absolute Gasteiger partial charge is 0.344 e. The number of non-ortho nitro benzene ring substituents is 1. The molecule has 0 aliphatic carbocycles. The number of nitrogens with one attached hydrogen (secondary N) is 1. The highest BCUT2D eigenvalue weighted by molar-refractivity contribution is 5.92. The number of nitro groups is 1. The van der Waals surface area contributed by atoms with E-state index in [-0.39, 0.29) is 16.9 Å². The molecular weight excluding hydrogens is 364 g/mol. The molecule has 0 saturated heterocycles. The van der Waals surface area contributed by atoms with Crippen LogP contribution in [0.3, 0.4) is 0 Å². The highest BCUT2D eigenvalue weighted by Gasteiger charge is 2.14. The zero-order chi connectivity index (χ0) is 20.7. The first kappa shape index (κ1) is 20.9. The van der Waals surface area contributed by atoms with Crippen molar-refractivity contribution >= 4 is 23.3 Å². The average Bonchev–Trinajstić information content (AvgIpc) is 2.64. The molecule has 2 rings (SSSR count). The Kier molecular flexibility index (Phi) is 6.70. The van der Waals surface area contributed by atoms with Crippen molar-refractivity contribution in [2.75, 3.05) is 18.5 Å². The van der Waals surface area contributed by atoms with Gasteiger partial charge < -0.3 is 14.8 Å². The molecular formula is C20H22N2O6. The Hall–Kier alpha value is -3.42. The minimum absolute atomic E-state index is 0.0156. The van der Waals surface area contributed by atoms with Crippen LogP contribution < -0.4 is 10.1 Å². The topological polar surface area (TPSA) is 108 Å². The zero-order valence-corrected chi connectivity index (χ0v) is 15.9. The van der Waals surface area contributed by atoms with Crippen molar-refractivity contribution in [3.63, 3.8) is 0 Å². The molecule has 2 aromatic rings. The van der Waals surface area contributed by atoms with Gasteiger partial charge in [0.2, 0.25) is 0 Å². The summed E-state index contributed by atoms with van der Waals surface area (Å²) in [5.74, 6) is -0.908. The van der Waals surface area contributed by atoms with Crippen molar-refractivity contribution in [3.05, 3.63) is 64.2 Å². The summed E-state index contributed by atoms with van der Waals surface area (Å²) in [7, 11) is 0. The molecule has 8 nitrogen and oxygen atoms in total. The Labute approximate surface area is 162 Å². The second-order valence-electron chi connectivity index (χ2n) is 7.08. The van der Waals surface area contributed by atoms with Crippen LogP contribution in [-0.4, -0.2) is 30.0 Å². The van der Waals surface area contributed by atoms with Crippen molar-refractivity contribution in [1.29, 1.82) is 0 Å². The van der Waals surface area contributed by atoms with Crippen LogP contribution in [0.5, 0.6) is 5.75 Å². The van der Waals surface area contributed by atoms with Crippen LogP contribution in [0.2, 0.25) is 0 Å². The Morgan fingerprint density at radius 2 is 1.61 bits per heavy atom. The molecule has 2 aromatic carbocycles. The Balaban J connectivity index is 1.74. The number of benzene rings is 2. The molecule has 0 radical (unpaired) electrons. The van der Waals surface area contributed by atoms with Crippen LogP contribution >= 0.6 is 0 Å². The van der Waals surface area contributed by atoms with Crippen LogP contribution in [0.4, 0.5) is 11.4 Å². The molecule has 0 bridgehead atoms. The quantitative estimate of drug-likeness (QED) is 0.444. The highest BCUT2D eigenvalue weighted by atomic mass is 16.6. The molecule has 0 heterocycles. The lowest BCUT2D eigenvalue weighted by atomic mass is 9.87. The molecule has 0 fully saturated rings. The number of carbonyl (C=O) groups excluding carboxylic acids is 2. The van der Waals surface area contributed by atoms with Crippen LogP contribution in [-0.2, 0) is 19.7 Å². The van der Waals surface area contributed by atoms with Gasteiger partial charge in [-0.15, -0.1) is 0 Å². The highest BCUT2D eigenvalue weighted by Crippen LogP contribution is 2.23. The van der Waals surface area contributed by atoms with Gasteiger partial charge in [-0.3, -0.25) is 14.9 Å². The van der Waals surface area contributed by atoms with E-state index in [0.29, 0.717) is 5.69 Å². The first-order chi connectivity index (χ1) is 13.1. The first-order valence-electron chi connectivity index (χ1n) is 8.58. The van der Waals surface area contributed by atoms with E-state index in [1.54, 1.807) is 12.1 Å². The van der Waals surface area contributed by atoms with Gasteiger partial charge in [-0.05, 0) is 35.2 Å². The van der Waals surface area contributed by atoms with Crippen molar-refractivity contribution in [2.24, 2.45) is 0 Å². The van der Waals surface area contributed by atoms with E-state index < -0.39 is 30.0 Å². The normalized spacial score (nSPS) is 10.8. The molecule has 8 heteroatoms. The molecule has 28 heavy (non-hydrogen) atoms. The Morgan fingerprint density at radius 1 is 1.00 bits per heavy atom. The fourth-order valence-corrected chi connectivity index (χ4v) is 2.24. The second-order valence-corrected chi connectivity index (χ2v) is 7.08. The minimum atomic E-state index is -0.725. The largest absolute Gasteiger partial charge is 0.482 e. The molecule has 0 saturated carbocycles. The predicted octanol–water partition coefficient (Wildman–Crippen LogP) is 3.45. The van der Waals surface area contributed by atoms with E-state index in [0.717, 1.165) is 5.56 Å². The zero-order valence-electron chi connectivity index (χ0n) is 15.9. The number of amides is 1. The maximum Gasteiger partial charge on any atom is 0.344 e. The maximum atomic E-state index is 11.9. The van der Waals surface area contributed by atoms with Crippen LogP contribution in [0, 0.1) is 10.1 Å². The van der Waals surface area contributed by atoms with Crippen molar-refractivity contribution in [1.82, 2.24) is 0 Å². The molecule has 0 aromatic heterocycles. The number of carbonyl (C=O) groups is 2. The number of rotatable bonds is 7. The molecule has 0 aliphatic heterocycles. The third-order valence-electron chi connectivity index (χ3n) is 3.80. The van der Waals surface area contributed by atoms with Gasteiger partial charge in [-0.2, -0.15) is 0 Å². The summed E-state index contributed by atoms with van der Waals surface area (Å²) in [6.45, 7) is 5.44. The van der Waals surface area contributed by atoms with Crippen molar-refractivity contribution in [2.45, 2.75) is 26.2 Å². The van der Waals surface area contributed by atoms with E-state index in [9.17, 15) is 19.7 Å². The van der Waals surface area contributed by atoms with Gasteiger partial charge in [0, 0.05) is 17.8 Å². The maximum absolute atomic E-state index is 11.9. The first-order valence-corrected chi connectivity index (χ1v) is 8.58. The fourth-order valence-electron chi connectivity index (χ4n) is 2.24. The predicted molar refractivity (Wildman–Crippen MR) is 103 cm³/mol. The Morgan fingerprint density at radius 3 is 2.14 bits per heavy atom. The van der Waals surface area contributed by atoms with E-state index >= 15 is 0 Å². The van der Waals surface area contributed by atoms with E-state index in [1.807, 2.05) is 12.1 Å². The number of hydrogen-bond donors (Lipinski definition) is 1. The van der Waals surface area contributed by atoms with E-state index in [4.69, 9.17) is 9.47 Å². The molecule has 0 spiro atoms. The minimum Gasteiger partial charge on any atom is -0.482 e. The number of hydrogen-bond acceptors (Lipinski definition) is 6. The molecule has 1 amide bonds. The number of nitro benzene ring substituents is 1. The summed E-state index contributed by atoms with van der Waals surface area (Å²) in [6.07, 6.45) is 0. The standard InChI is InChI=1S/C20H22N2O6/c1-20(2,3)14-4-6-15(7-5-14)21-18(23)12-28-19(24)13-27-17-10-8-16(9-11-17)22(25)26/h4-11H,12-13H2,1-3H3,(H,21,23). The van der Waals surface area contributed by atoms with Crippen LogP contribution in [0.15, 0.2) is 48.5 Å². The summed E-state index contributed by atoms with van der Waals surface area (Å²) in [4.78, 5) is 33.6. The Bertz CT molecular complexity index is 838. The van der Waals surface area contributed by atoms with Gasteiger partial charge >= 0.3 is 5.97 Å². The second kappa shape index (κ2) is 8.98. The number of nitrogens with zero attached hydrogens (tertiary/aromatic N) is 1. The lowest BCUT2D eigenvalue weighted by Crippen LogP contribution is -2.23. The third-order valence-corrected chi connectivity index (χ3v) is 3.80. The third kappa shape index (κ3) is 6.39. The van der Waals surface area contributed by atoms with Gasteiger partial charge in [-0.25, -0.2) is 4.79 Å². The lowest BCUT2D eigenvalue weighted by Gasteiger charge is -2.19. The monoisotopic (exact) mass is 386 g/mol. The van der Waals surface area contributed by atoms with Gasteiger partial charge in [0.25, 0.3) is 11.6 Å². The fraction of sp³-hybridized carbons (Fsp3) is 0.300. The summed E-state index contributed by atoms with van der Waals surface area (Å²) < 4.78 is 10.0. The van der Waals surface area contributed by atoms with Crippen LogP contribution in [0.1, 0.15) is 26.3 Å². The number of anilines is 1. The lowest BCUT2D eigenvalue weighted by molar-refractivity contribution is -0.384. The molecule has 0 aliphatic rings. The summed E-state index contributed by atoms with van der Waals surface area (Å²) in [6, 6.07) is 12.7. The van der Waals surface area contributed by atoms with Crippen molar-refractivity contribution in [3.8, 4) is 5.75 Å². The van der Waals surface area contributed by atoms with Gasteiger partial charge in [0.15, 0.2) is 13.2 Å². The van der Waals surface area contributed by atoms with Crippen LogP contribution in [0.25, 0.3) is 0 Å². The number of ether oxygens (including phenoxy) is 2. The van der Waals surface area contributed by atoms with E-state index in [2.05, 4.69) is 26.1 Å². The van der Waals surface area contributed by atoms with Gasteiger partial charge in [0.05, 0.1) is 4.92 Å². The van der Waals surface area contributed by atoms with Crippen molar-refractivity contribution < 1.29 is 24.0 Å². The van der Waals surface area contributed by atoms with Gasteiger partial charge in [-0.1, -0.05) is 32.9 Å². The summed E-state index contributed by atoms with van der Waals surface area (Å²) in [5, 5.41) is 13.2. The summed E-state index contributed by atoms with van der Waals surface area (Å²) >= 11 is 0. The van der Waals surface area contributed by atoms with E-state index in [1.165, 1.54) is 24.3 Å². The number of esters is 1.